The number of likely N-dealkylation sites (tertiary alicyclic amines) is 1. The van der Waals surface area contributed by atoms with Crippen molar-refractivity contribution in [3.63, 3.8) is 0 Å². The molecule has 0 aromatic heterocycles. The second-order valence-electron chi connectivity index (χ2n) is 7.89. The zero-order chi connectivity index (χ0) is 17.5. The van der Waals surface area contributed by atoms with Gasteiger partial charge in [0.2, 0.25) is 0 Å². The van der Waals surface area contributed by atoms with E-state index in [1.165, 1.54) is 36.9 Å². The normalized spacial score (nSPS) is 24.0. The van der Waals surface area contributed by atoms with Crippen LogP contribution in [0.2, 0.25) is 0 Å². The third-order valence-corrected chi connectivity index (χ3v) is 6.10. The second kappa shape index (κ2) is 6.53. The Kier molecular flexibility index (Phi) is 4.03. The number of anilines is 1. The van der Waals surface area contributed by atoms with Gasteiger partial charge >= 0.3 is 0 Å². The van der Waals surface area contributed by atoms with Crippen LogP contribution < -0.4 is 5.32 Å². The van der Waals surface area contributed by atoms with E-state index in [2.05, 4.69) is 22.3 Å². The third-order valence-electron chi connectivity index (χ3n) is 6.10. The number of piperidine rings is 1. The van der Waals surface area contributed by atoms with Gasteiger partial charge in [0.05, 0.1) is 13.2 Å². The molecule has 0 spiro atoms. The van der Waals surface area contributed by atoms with Crippen LogP contribution in [0.1, 0.15) is 46.3 Å². The van der Waals surface area contributed by atoms with E-state index in [0.29, 0.717) is 18.8 Å². The van der Waals surface area contributed by atoms with Gasteiger partial charge in [-0.05, 0) is 66.1 Å². The predicted octanol–water partition coefficient (Wildman–Crippen LogP) is 3.95. The minimum atomic E-state index is -0.0596. The first-order valence-corrected chi connectivity index (χ1v) is 9.58. The van der Waals surface area contributed by atoms with Crippen LogP contribution in [0.25, 0.3) is 0 Å². The molecule has 2 aromatic carbocycles. The van der Waals surface area contributed by atoms with E-state index in [-0.39, 0.29) is 5.91 Å². The number of fused-ring (bicyclic) bond motifs is 3. The van der Waals surface area contributed by atoms with E-state index < -0.39 is 0 Å². The number of nitrogens with one attached hydrogen (secondary N) is 1. The Morgan fingerprint density at radius 3 is 2.69 bits per heavy atom. The van der Waals surface area contributed by atoms with Crippen LogP contribution >= 0.6 is 0 Å². The number of rotatable bonds is 4. The molecule has 1 N–H and O–H groups in total. The van der Waals surface area contributed by atoms with Gasteiger partial charge in [-0.25, -0.2) is 0 Å². The van der Waals surface area contributed by atoms with Crippen molar-refractivity contribution in [1.29, 1.82) is 0 Å². The lowest BCUT2D eigenvalue weighted by Crippen LogP contribution is -2.31. The van der Waals surface area contributed by atoms with Gasteiger partial charge in [0.25, 0.3) is 5.91 Å². The van der Waals surface area contributed by atoms with Crippen LogP contribution in [-0.2, 0) is 24.5 Å². The van der Waals surface area contributed by atoms with Crippen molar-refractivity contribution < 1.29 is 9.53 Å². The number of hydrogen-bond donors (Lipinski definition) is 1. The summed E-state index contributed by atoms with van der Waals surface area (Å²) < 4.78 is 5.43. The van der Waals surface area contributed by atoms with Crippen LogP contribution in [0.5, 0.6) is 0 Å². The average Bonchev–Trinajstić information content (AvgIpc) is 3.38. The summed E-state index contributed by atoms with van der Waals surface area (Å²) in [5.41, 5.74) is 5.20. The van der Waals surface area contributed by atoms with E-state index in [1.807, 2.05) is 30.3 Å². The molecule has 2 aromatic rings. The Balaban J connectivity index is 1.23. The predicted molar refractivity (Wildman–Crippen MR) is 101 cm³/mol. The van der Waals surface area contributed by atoms with Crippen molar-refractivity contribution >= 4 is 11.6 Å². The third kappa shape index (κ3) is 3.04. The standard InChI is InChI=1S/C22H24N2O2/c25-22(23-20-7-6-18-13-26-14-19(18)10-20)17-4-1-15(2-5-17)11-24-12-16-3-8-21(24)9-16/h1-2,4-7,10,16,21H,3,8-9,11-14H2,(H,23,25)/t16-,21-/m0/s1. The first kappa shape index (κ1) is 16.0. The van der Waals surface area contributed by atoms with Crippen LogP contribution in [0.4, 0.5) is 5.69 Å². The molecule has 0 radical (unpaired) electrons. The number of benzene rings is 2. The molecule has 2 heterocycles. The van der Waals surface area contributed by atoms with Crippen LogP contribution in [0, 0.1) is 5.92 Å². The van der Waals surface area contributed by atoms with E-state index >= 15 is 0 Å². The second-order valence-corrected chi connectivity index (χ2v) is 7.89. The zero-order valence-corrected chi connectivity index (χ0v) is 14.9. The van der Waals surface area contributed by atoms with Gasteiger partial charge in [0.15, 0.2) is 0 Å². The number of nitrogens with zero attached hydrogens (tertiary/aromatic N) is 1. The van der Waals surface area contributed by atoms with Crippen LogP contribution in [-0.4, -0.2) is 23.4 Å². The number of hydrogen-bond acceptors (Lipinski definition) is 3. The fourth-order valence-corrected chi connectivity index (χ4v) is 4.67. The number of ether oxygens (including phenoxy) is 1. The highest BCUT2D eigenvalue weighted by Crippen LogP contribution is 2.38. The molecule has 1 aliphatic carbocycles. The van der Waals surface area contributed by atoms with Gasteiger partial charge in [-0.15, -0.1) is 0 Å². The topological polar surface area (TPSA) is 41.6 Å². The summed E-state index contributed by atoms with van der Waals surface area (Å²) in [6.07, 6.45) is 4.15. The highest BCUT2D eigenvalue weighted by Gasteiger charge is 2.37. The Labute approximate surface area is 154 Å². The SMILES string of the molecule is O=C(Nc1ccc2c(c1)COC2)c1ccc(CN2C[C@H]3CC[C@H]2C3)cc1. The molecule has 134 valence electrons. The molecular weight excluding hydrogens is 324 g/mol. The monoisotopic (exact) mass is 348 g/mol. The molecule has 0 unspecified atom stereocenters. The van der Waals surface area contributed by atoms with Crippen molar-refractivity contribution in [2.24, 2.45) is 5.92 Å². The van der Waals surface area contributed by atoms with Crippen molar-refractivity contribution in [3.05, 3.63) is 64.7 Å². The van der Waals surface area contributed by atoms with Gasteiger partial charge in [0, 0.05) is 30.4 Å². The summed E-state index contributed by atoms with van der Waals surface area (Å²) >= 11 is 0. The van der Waals surface area contributed by atoms with Crippen molar-refractivity contribution in [1.82, 2.24) is 4.90 Å². The lowest BCUT2D eigenvalue weighted by Gasteiger charge is -2.26. The van der Waals surface area contributed by atoms with E-state index in [9.17, 15) is 4.79 Å². The number of amides is 1. The van der Waals surface area contributed by atoms with Crippen LogP contribution in [0.15, 0.2) is 42.5 Å². The molecule has 5 rings (SSSR count). The number of carbonyl (C=O) groups excluding carboxylic acids is 1. The van der Waals surface area contributed by atoms with E-state index in [4.69, 9.17) is 4.74 Å². The maximum absolute atomic E-state index is 12.5. The van der Waals surface area contributed by atoms with E-state index in [0.717, 1.165) is 29.8 Å². The van der Waals surface area contributed by atoms with Gasteiger partial charge in [-0.1, -0.05) is 18.2 Å². The fraction of sp³-hybridized carbons (Fsp3) is 0.409. The summed E-state index contributed by atoms with van der Waals surface area (Å²) in [5.74, 6) is 0.860. The van der Waals surface area contributed by atoms with Gasteiger partial charge in [-0.2, -0.15) is 0 Å². The highest BCUT2D eigenvalue weighted by atomic mass is 16.5. The molecule has 1 saturated heterocycles. The first-order valence-electron chi connectivity index (χ1n) is 9.58. The molecule has 1 amide bonds. The quantitative estimate of drug-likeness (QED) is 0.909. The van der Waals surface area contributed by atoms with Crippen LogP contribution in [0.3, 0.4) is 0 Å². The van der Waals surface area contributed by atoms with Crippen molar-refractivity contribution in [2.75, 3.05) is 11.9 Å². The molecule has 4 heteroatoms. The summed E-state index contributed by atoms with van der Waals surface area (Å²) in [6.45, 7) is 3.55. The molecule has 2 aliphatic heterocycles. The largest absolute Gasteiger partial charge is 0.372 e. The molecular formula is C22H24N2O2. The minimum Gasteiger partial charge on any atom is -0.372 e. The lowest BCUT2D eigenvalue weighted by molar-refractivity contribution is 0.102. The summed E-state index contributed by atoms with van der Waals surface area (Å²) in [4.78, 5) is 15.1. The zero-order valence-electron chi connectivity index (χ0n) is 14.9. The fourth-order valence-electron chi connectivity index (χ4n) is 4.67. The maximum atomic E-state index is 12.5. The molecule has 2 atom stereocenters. The maximum Gasteiger partial charge on any atom is 0.255 e. The molecule has 2 fully saturated rings. The van der Waals surface area contributed by atoms with E-state index in [1.54, 1.807) is 0 Å². The molecule has 2 bridgehead atoms. The molecule has 4 nitrogen and oxygen atoms in total. The Hall–Kier alpha value is -2.17. The molecule has 1 saturated carbocycles. The lowest BCUT2D eigenvalue weighted by atomic mass is 10.1. The summed E-state index contributed by atoms with van der Waals surface area (Å²) in [7, 11) is 0. The Morgan fingerprint density at radius 1 is 1.08 bits per heavy atom. The molecule has 26 heavy (non-hydrogen) atoms. The number of carbonyl (C=O) groups is 1. The highest BCUT2D eigenvalue weighted by molar-refractivity contribution is 6.04. The smallest absolute Gasteiger partial charge is 0.255 e. The van der Waals surface area contributed by atoms with Gasteiger partial charge in [-0.3, -0.25) is 9.69 Å². The first-order chi connectivity index (χ1) is 12.7. The van der Waals surface area contributed by atoms with Gasteiger partial charge < -0.3 is 10.1 Å². The molecule has 3 aliphatic rings. The summed E-state index contributed by atoms with van der Waals surface area (Å²) in [5, 5.41) is 3.00. The van der Waals surface area contributed by atoms with Crippen molar-refractivity contribution in [2.45, 2.75) is 45.1 Å². The average molecular weight is 348 g/mol. The minimum absolute atomic E-state index is 0.0596. The Bertz CT molecular complexity index is 831. The van der Waals surface area contributed by atoms with Crippen molar-refractivity contribution in [3.8, 4) is 0 Å². The summed E-state index contributed by atoms with van der Waals surface area (Å²) in [6, 6.07) is 14.8. The Morgan fingerprint density at radius 2 is 1.92 bits per heavy atom. The van der Waals surface area contributed by atoms with Gasteiger partial charge in [0.1, 0.15) is 0 Å².